The van der Waals surface area contributed by atoms with Crippen LogP contribution in [0, 0.1) is 0 Å². The van der Waals surface area contributed by atoms with Gasteiger partial charge in [0.2, 0.25) is 6.79 Å². The number of hydrogen-bond donors (Lipinski definition) is 1. The quantitative estimate of drug-likeness (QED) is 0.350. The van der Waals surface area contributed by atoms with Gasteiger partial charge < -0.3 is 19.2 Å². The maximum Gasteiger partial charge on any atom is 0.356 e. The minimum atomic E-state index is -0.420. The predicted molar refractivity (Wildman–Crippen MR) is 132 cm³/mol. The zero-order valence-corrected chi connectivity index (χ0v) is 19.2. The number of nitrogens with zero attached hydrogens (tertiary/aromatic N) is 2. The van der Waals surface area contributed by atoms with Crippen LogP contribution in [-0.2, 0) is 17.7 Å². The van der Waals surface area contributed by atoms with Crippen LogP contribution >= 0.6 is 0 Å². The first kappa shape index (κ1) is 21.0. The highest BCUT2D eigenvalue weighted by molar-refractivity contribution is 5.98. The van der Waals surface area contributed by atoms with Gasteiger partial charge in [-0.15, -0.1) is 0 Å². The topological polar surface area (TPSA) is 78.4 Å². The van der Waals surface area contributed by atoms with Gasteiger partial charge in [-0.25, -0.2) is 4.79 Å². The standard InChI is InChI=1S/C28H23N3O4/c1-33-28(32)24-15-23(30-31(24)16-18-7-3-2-4-8-18)27-20-9-5-6-10-21(20)29-22(27)13-19-11-12-25-26(14-19)35-17-34-25/h2-12,14-15,29H,13,16-17H2,1H3. The molecule has 7 nitrogen and oxygen atoms in total. The lowest BCUT2D eigenvalue weighted by Crippen LogP contribution is -2.12. The number of benzene rings is 3. The molecule has 2 aromatic heterocycles. The Balaban J connectivity index is 1.46. The molecule has 0 saturated heterocycles. The van der Waals surface area contributed by atoms with Gasteiger partial charge in [-0.05, 0) is 35.4 Å². The highest BCUT2D eigenvalue weighted by Gasteiger charge is 2.22. The van der Waals surface area contributed by atoms with Gasteiger partial charge in [-0.2, -0.15) is 5.10 Å². The van der Waals surface area contributed by atoms with Crippen molar-refractivity contribution < 1.29 is 19.0 Å². The van der Waals surface area contributed by atoms with Crippen molar-refractivity contribution in [3.8, 4) is 22.8 Å². The fourth-order valence-electron chi connectivity index (χ4n) is 4.56. The molecule has 0 radical (unpaired) electrons. The Morgan fingerprint density at radius 2 is 1.77 bits per heavy atom. The first-order valence-corrected chi connectivity index (χ1v) is 11.4. The lowest BCUT2D eigenvalue weighted by Gasteiger charge is -2.06. The van der Waals surface area contributed by atoms with Crippen LogP contribution in [0.3, 0.4) is 0 Å². The number of aromatic nitrogens is 3. The molecule has 1 aliphatic rings. The molecule has 1 N–H and O–H groups in total. The number of H-pyrrole nitrogens is 1. The number of aromatic amines is 1. The number of hydrogen-bond acceptors (Lipinski definition) is 5. The third-order valence-electron chi connectivity index (χ3n) is 6.21. The number of esters is 1. The van der Waals surface area contributed by atoms with Crippen molar-refractivity contribution in [3.05, 3.63) is 101 Å². The summed E-state index contributed by atoms with van der Waals surface area (Å²) < 4.78 is 17.8. The van der Waals surface area contributed by atoms with Gasteiger partial charge in [0.25, 0.3) is 0 Å². The van der Waals surface area contributed by atoms with Crippen LogP contribution in [0.4, 0.5) is 0 Å². The lowest BCUT2D eigenvalue weighted by atomic mass is 10.0. The number of nitrogens with one attached hydrogen (secondary N) is 1. The zero-order chi connectivity index (χ0) is 23.8. The van der Waals surface area contributed by atoms with E-state index < -0.39 is 5.97 Å². The van der Waals surface area contributed by atoms with E-state index in [9.17, 15) is 4.79 Å². The maximum absolute atomic E-state index is 12.6. The van der Waals surface area contributed by atoms with E-state index in [1.54, 1.807) is 4.68 Å². The summed E-state index contributed by atoms with van der Waals surface area (Å²) in [5, 5.41) is 5.92. The van der Waals surface area contributed by atoms with Crippen molar-refractivity contribution in [1.29, 1.82) is 0 Å². The van der Waals surface area contributed by atoms with Gasteiger partial charge >= 0.3 is 5.97 Å². The highest BCUT2D eigenvalue weighted by Crippen LogP contribution is 2.36. The Kier molecular flexibility index (Phi) is 5.22. The Morgan fingerprint density at radius 3 is 2.63 bits per heavy atom. The summed E-state index contributed by atoms with van der Waals surface area (Å²) in [6.07, 6.45) is 0.639. The van der Waals surface area contributed by atoms with E-state index in [2.05, 4.69) is 11.1 Å². The van der Waals surface area contributed by atoms with Crippen LogP contribution in [0.1, 0.15) is 27.3 Å². The Labute approximate surface area is 201 Å². The second-order valence-electron chi connectivity index (χ2n) is 8.44. The number of carbonyl (C=O) groups is 1. The average molecular weight is 466 g/mol. The molecule has 0 saturated carbocycles. The Morgan fingerprint density at radius 1 is 0.971 bits per heavy atom. The van der Waals surface area contributed by atoms with Crippen LogP contribution in [-0.4, -0.2) is 34.6 Å². The second-order valence-corrected chi connectivity index (χ2v) is 8.44. The Hall–Kier alpha value is -4.52. The molecule has 0 bridgehead atoms. The minimum absolute atomic E-state index is 0.242. The number of ether oxygens (including phenoxy) is 3. The summed E-state index contributed by atoms with van der Waals surface area (Å²) in [5.41, 5.74) is 6.24. The maximum atomic E-state index is 12.6. The normalized spacial score (nSPS) is 12.3. The second kappa shape index (κ2) is 8.68. The molecular formula is C28H23N3O4. The molecule has 0 aliphatic carbocycles. The first-order chi connectivity index (χ1) is 17.2. The van der Waals surface area contributed by atoms with E-state index in [4.69, 9.17) is 19.3 Å². The smallest absolute Gasteiger partial charge is 0.356 e. The third-order valence-corrected chi connectivity index (χ3v) is 6.21. The van der Waals surface area contributed by atoms with Gasteiger partial charge in [-0.3, -0.25) is 4.68 Å². The largest absolute Gasteiger partial charge is 0.464 e. The average Bonchev–Trinajstić information content (AvgIpc) is 3.60. The van der Waals surface area contributed by atoms with Crippen LogP contribution in [0.2, 0.25) is 0 Å². The number of carbonyl (C=O) groups excluding carboxylic acids is 1. The molecule has 174 valence electrons. The van der Waals surface area contributed by atoms with E-state index >= 15 is 0 Å². The summed E-state index contributed by atoms with van der Waals surface area (Å²) in [5.74, 6) is 1.09. The van der Waals surface area contributed by atoms with Crippen LogP contribution in [0.5, 0.6) is 11.5 Å². The number of methoxy groups -OCH3 is 1. The third kappa shape index (κ3) is 3.91. The van der Waals surface area contributed by atoms with Crippen LogP contribution in [0.25, 0.3) is 22.2 Å². The molecule has 7 heteroatoms. The molecule has 0 unspecified atom stereocenters. The first-order valence-electron chi connectivity index (χ1n) is 11.4. The molecule has 0 spiro atoms. The Bertz CT molecular complexity index is 1530. The highest BCUT2D eigenvalue weighted by atomic mass is 16.7. The van der Waals surface area contributed by atoms with E-state index in [-0.39, 0.29) is 6.79 Å². The van der Waals surface area contributed by atoms with E-state index in [0.29, 0.717) is 18.7 Å². The van der Waals surface area contributed by atoms with E-state index in [1.165, 1.54) is 7.11 Å². The molecule has 3 heterocycles. The lowest BCUT2D eigenvalue weighted by molar-refractivity contribution is 0.0587. The van der Waals surface area contributed by atoms with Gasteiger partial charge in [0.1, 0.15) is 5.69 Å². The van der Waals surface area contributed by atoms with Crippen molar-refractivity contribution >= 4 is 16.9 Å². The van der Waals surface area contributed by atoms with Crippen LogP contribution < -0.4 is 9.47 Å². The zero-order valence-electron chi connectivity index (χ0n) is 19.2. The predicted octanol–water partition coefficient (Wildman–Crippen LogP) is 5.19. The van der Waals surface area contributed by atoms with Crippen molar-refractivity contribution in [1.82, 2.24) is 14.8 Å². The minimum Gasteiger partial charge on any atom is -0.464 e. The fraction of sp³-hybridized carbons (Fsp3) is 0.143. The molecule has 5 aromatic rings. The van der Waals surface area contributed by atoms with Gasteiger partial charge in [0.05, 0.1) is 19.3 Å². The molecule has 0 fully saturated rings. The van der Waals surface area contributed by atoms with Gasteiger partial charge in [-0.1, -0.05) is 54.6 Å². The van der Waals surface area contributed by atoms with E-state index in [0.717, 1.165) is 50.5 Å². The van der Waals surface area contributed by atoms with Crippen molar-refractivity contribution in [2.45, 2.75) is 13.0 Å². The number of para-hydroxylation sites is 1. The summed E-state index contributed by atoms with van der Waals surface area (Å²) in [4.78, 5) is 16.2. The monoisotopic (exact) mass is 465 g/mol. The van der Waals surface area contributed by atoms with Crippen molar-refractivity contribution in [2.75, 3.05) is 13.9 Å². The summed E-state index contributed by atoms with van der Waals surface area (Å²) in [7, 11) is 1.39. The van der Waals surface area contributed by atoms with Gasteiger partial charge in [0.15, 0.2) is 11.5 Å². The molecule has 0 amide bonds. The van der Waals surface area contributed by atoms with E-state index in [1.807, 2.05) is 72.8 Å². The van der Waals surface area contributed by atoms with Crippen molar-refractivity contribution in [3.63, 3.8) is 0 Å². The molecule has 3 aromatic carbocycles. The van der Waals surface area contributed by atoms with Crippen LogP contribution in [0.15, 0.2) is 78.9 Å². The summed E-state index contributed by atoms with van der Waals surface area (Å²) >= 11 is 0. The number of rotatable bonds is 6. The number of fused-ring (bicyclic) bond motifs is 2. The summed E-state index contributed by atoms with van der Waals surface area (Å²) in [6, 6.07) is 25.8. The SMILES string of the molecule is COC(=O)c1cc(-c2c(Cc3ccc4c(c3)OCO4)[nH]c3ccccc23)nn1Cc1ccccc1. The molecule has 35 heavy (non-hydrogen) atoms. The van der Waals surface area contributed by atoms with Crippen molar-refractivity contribution in [2.24, 2.45) is 0 Å². The molecule has 1 aliphatic heterocycles. The molecular weight excluding hydrogens is 442 g/mol. The molecule has 6 rings (SSSR count). The molecule has 0 atom stereocenters. The summed E-state index contributed by atoms with van der Waals surface area (Å²) in [6.45, 7) is 0.705. The van der Waals surface area contributed by atoms with Gasteiger partial charge in [0, 0.05) is 28.6 Å². The fourth-order valence-corrected chi connectivity index (χ4v) is 4.56.